The lowest BCUT2D eigenvalue weighted by atomic mass is 10.2. The van der Waals surface area contributed by atoms with E-state index in [0.717, 1.165) is 11.3 Å². The molecule has 4 heteroatoms. The second-order valence-electron chi connectivity index (χ2n) is 2.49. The number of hydrogen-bond acceptors (Lipinski definition) is 3. The van der Waals surface area contributed by atoms with Gasteiger partial charge in [0.25, 0.3) is 0 Å². The van der Waals surface area contributed by atoms with Gasteiger partial charge in [0.1, 0.15) is 0 Å². The molecule has 0 saturated carbocycles. The van der Waals surface area contributed by atoms with Crippen LogP contribution in [0.2, 0.25) is 0 Å². The topological polar surface area (TPSA) is 43.6 Å². The molecular weight excluding hydrogens is 164 g/mol. The highest BCUT2D eigenvalue weighted by atomic mass is 15.6. The van der Waals surface area contributed by atoms with Gasteiger partial charge in [-0.15, -0.1) is 15.0 Å². The molecule has 1 aromatic carbocycles. The summed E-state index contributed by atoms with van der Waals surface area (Å²) >= 11 is 0. The first-order chi connectivity index (χ1) is 6.42. The number of benzene rings is 1. The van der Waals surface area contributed by atoms with Crippen LogP contribution in [-0.2, 0) is 0 Å². The Bertz CT molecular complexity index is 405. The minimum atomic E-state index is 0.884. The fourth-order valence-electron chi connectivity index (χ4n) is 1.12. The van der Waals surface area contributed by atoms with Crippen LogP contribution in [0.1, 0.15) is 5.56 Å². The zero-order chi connectivity index (χ0) is 9.10. The molecule has 0 saturated heterocycles. The van der Waals surface area contributed by atoms with Crippen LogP contribution in [0.5, 0.6) is 0 Å². The Balaban J connectivity index is 2.57. The molecule has 0 spiro atoms. The van der Waals surface area contributed by atoms with Gasteiger partial charge in [0.15, 0.2) is 6.33 Å². The van der Waals surface area contributed by atoms with Gasteiger partial charge >= 0.3 is 0 Å². The normalized spacial score (nSPS) is 9.85. The standard InChI is InChI=1S/C9H8N4/c1-2-8-5-3-4-6-9(8)13-11-7-10-12-13/h2-7H,1H2. The highest BCUT2D eigenvalue weighted by molar-refractivity contribution is 5.58. The molecule has 0 radical (unpaired) electrons. The van der Waals surface area contributed by atoms with Crippen molar-refractivity contribution < 1.29 is 0 Å². The van der Waals surface area contributed by atoms with Crippen LogP contribution in [0.4, 0.5) is 0 Å². The summed E-state index contributed by atoms with van der Waals surface area (Å²) in [5.41, 5.74) is 1.87. The van der Waals surface area contributed by atoms with E-state index in [1.165, 1.54) is 11.1 Å². The van der Waals surface area contributed by atoms with E-state index in [9.17, 15) is 0 Å². The molecule has 0 aliphatic heterocycles. The zero-order valence-corrected chi connectivity index (χ0v) is 6.96. The molecule has 64 valence electrons. The smallest absolute Gasteiger partial charge is 0.135 e. The summed E-state index contributed by atoms with van der Waals surface area (Å²) in [4.78, 5) is 1.47. The Morgan fingerprint density at radius 2 is 2.15 bits per heavy atom. The first-order valence-electron chi connectivity index (χ1n) is 3.86. The third-order valence-electron chi connectivity index (χ3n) is 1.72. The summed E-state index contributed by atoms with van der Waals surface area (Å²) in [7, 11) is 0. The van der Waals surface area contributed by atoms with Crippen molar-refractivity contribution >= 4 is 6.08 Å². The van der Waals surface area contributed by atoms with E-state index in [1.807, 2.05) is 24.3 Å². The van der Waals surface area contributed by atoms with Gasteiger partial charge in [-0.3, -0.25) is 0 Å². The molecule has 0 fully saturated rings. The summed E-state index contributed by atoms with van der Waals surface area (Å²) < 4.78 is 0. The first-order valence-corrected chi connectivity index (χ1v) is 3.86. The second kappa shape index (κ2) is 3.18. The van der Waals surface area contributed by atoms with Crippen molar-refractivity contribution in [2.45, 2.75) is 0 Å². The van der Waals surface area contributed by atoms with E-state index in [0.29, 0.717) is 0 Å². The molecule has 0 aliphatic rings. The maximum atomic E-state index is 3.94. The van der Waals surface area contributed by atoms with Gasteiger partial charge in [0.05, 0.1) is 5.69 Å². The second-order valence-corrected chi connectivity index (χ2v) is 2.49. The lowest BCUT2D eigenvalue weighted by Gasteiger charge is -2.01. The summed E-state index contributed by atoms with van der Waals surface area (Å²) in [6.45, 7) is 3.71. The van der Waals surface area contributed by atoms with Crippen LogP contribution >= 0.6 is 0 Å². The van der Waals surface area contributed by atoms with Gasteiger partial charge in [-0.05, 0) is 11.3 Å². The van der Waals surface area contributed by atoms with Gasteiger partial charge in [-0.2, -0.15) is 0 Å². The summed E-state index contributed by atoms with van der Waals surface area (Å²) in [6, 6.07) is 7.73. The number of rotatable bonds is 2. The monoisotopic (exact) mass is 172 g/mol. The van der Waals surface area contributed by atoms with E-state index < -0.39 is 0 Å². The Hall–Kier alpha value is -1.97. The van der Waals surface area contributed by atoms with Crippen molar-refractivity contribution in [2.75, 3.05) is 0 Å². The van der Waals surface area contributed by atoms with Crippen LogP contribution in [0.3, 0.4) is 0 Å². The predicted molar refractivity (Wildman–Crippen MR) is 49.2 cm³/mol. The minimum Gasteiger partial charge on any atom is -0.135 e. The van der Waals surface area contributed by atoms with E-state index >= 15 is 0 Å². The molecule has 0 amide bonds. The predicted octanol–water partition coefficient (Wildman–Crippen LogP) is 1.31. The van der Waals surface area contributed by atoms with Crippen molar-refractivity contribution in [2.24, 2.45) is 0 Å². The number of tetrazole rings is 1. The Morgan fingerprint density at radius 3 is 2.85 bits per heavy atom. The highest BCUT2D eigenvalue weighted by Gasteiger charge is 2.01. The third-order valence-corrected chi connectivity index (χ3v) is 1.72. The van der Waals surface area contributed by atoms with Crippen molar-refractivity contribution in [3.05, 3.63) is 42.7 Å². The molecule has 2 aromatic rings. The Kier molecular flexibility index (Phi) is 1.88. The molecule has 0 unspecified atom stereocenters. The molecule has 13 heavy (non-hydrogen) atoms. The van der Waals surface area contributed by atoms with Gasteiger partial charge in [0, 0.05) is 5.56 Å². The first kappa shape index (κ1) is 7.67. The number of hydrogen-bond donors (Lipinski definition) is 0. The van der Waals surface area contributed by atoms with Crippen molar-refractivity contribution in [3.63, 3.8) is 0 Å². The molecule has 1 aromatic heterocycles. The van der Waals surface area contributed by atoms with Gasteiger partial charge in [0.2, 0.25) is 0 Å². The molecular formula is C9H8N4. The van der Waals surface area contributed by atoms with Gasteiger partial charge < -0.3 is 0 Å². The lowest BCUT2D eigenvalue weighted by molar-refractivity contribution is 0.718. The number of para-hydroxylation sites is 1. The van der Waals surface area contributed by atoms with Crippen LogP contribution in [0, 0.1) is 0 Å². The van der Waals surface area contributed by atoms with Crippen LogP contribution < -0.4 is 0 Å². The largest absolute Gasteiger partial charge is 0.162 e. The SMILES string of the molecule is C=Cc1ccccc1-n1ncnn1. The van der Waals surface area contributed by atoms with Crippen molar-refractivity contribution in [1.29, 1.82) is 0 Å². The van der Waals surface area contributed by atoms with E-state index in [-0.39, 0.29) is 0 Å². The van der Waals surface area contributed by atoms with Crippen LogP contribution in [0.25, 0.3) is 11.8 Å². The summed E-state index contributed by atoms with van der Waals surface area (Å²) in [5, 5.41) is 11.4. The number of aromatic nitrogens is 4. The molecule has 0 atom stereocenters. The molecule has 1 heterocycles. The maximum Gasteiger partial charge on any atom is 0.162 e. The number of nitrogens with zero attached hydrogens (tertiary/aromatic N) is 4. The quantitative estimate of drug-likeness (QED) is 0.685. The molecule has 0 bridgehead atoms. The Labute approximate surface area is 75.5 Å². The summed E-state index contributed by atoms with van der Waals surface area (Å²) in [6.07, 6.45) is 3.17. The highest BCUT2D eigenvalue weighted by Crippen LogP contribution is 2.12. The Morgan fingerprint density at radius 1 is 1.31 bits per heavy atom. The zero-order valence-electron chi connectivity index (χ0n) is 6.96. The third kappa shape index (κ3) is 1.33. The molecule has 4 nitrogen and oxygen atoms in total. The molecule has 2 rings (SSSR count). The van der Waals surface area contributed by atoms with Crippen molar-refractivity contribution in [3.8, 4) is 5.69 Å². The minimum absolute atomic E-state index is 0.884. The van der Waals surface area contributed by atoms with Crippen LogP contribution in [-0.4, -0.2) is 20.2 Å². The van der Waals surface area contributed by atoms with Gasteiger partial charge in [-0.25, -0.2) is 0 Å². The average molecular weight is 172 g/mol. The van der Waals surface area contributed by atoms with E-state index in [4.69, 9.17) is 0 Å². The van der Waals surface area contributed by atoms with E-state index in [1.54, 1.807) is 6.08 Å². The van der Waals surface area contributed by atoms with E-state index in [2.05, 4.69) is 22.0 Å². The summed E-state index contributed by atoms with van der Waals surface area (Å²) in [5.74, 6) is 0. The van der Waals surface area contributed by atoms with Gasteiger partial charge in [-0.1, -0.05) is 30.9 Å². The fourth-order valence-corrected chi connectivity index (χ4v) is 1.12. The van der Waals surface area contributed by atoms with Crippen molar-refractivity contribution in [1.82, 2.24) is 20.2 Å². The fraction of sp³-hybridized carbons (Fsp3) is 0. The van der Waals surface area contributed by atoms with Crippen LogP contribution in [0.15, 0.2) is 37.2 Å². The molecule has 0 aliphatic carbocycles. The average Bonchev–Trinajstić information content (AvgIpc) is 2.70. The molecule has 0 N–H and O–H groups in total. The maximum absolute atomic E-state index is 3.94. The lowest BCUT2D eigenvalue weighted by Crippen LogP contribution is -2.00.